The van der Waals surface area contributed by atoms with Crippen molar-refractivity contribution in [2.75, 3.05) is 52.4 Å². The SMILES string of the molecule is COCCN(CCOC)CCn1cc(-c2cnc3ccc(NC(=O)NC4CCCC4)nc3c2)cn1. The van der Waals surface area contributed by atoms with Gasteiger partial charge in [0, 0.05) is 63.4 Å². The number of amides is 2. The lowest BCUT2D eigenvalue weighted by atomic mass is 10.1. The molecule has 10 nitrogen and oxygen atoms in total. The Balaban J connectivity index is 1.39. The third kappa shape index (κ3) is 7.20. The number of ether oxygens (including phenoxy) is 2. The molecule has 3 aromatic heterocycles. The van der Waals surface area contributed by atoms with E-state index < -0.39 is 0 Å². The van der Waals surface area contributed by atoms with E-state index >= 15 is 0 Å². The summed E-state index contributed by atoms with van der Waals surface area (Å²) >= 11 is 0. The number of aromatic nitrogens is 4. The number of pyridine rings is 2. The Bertz CT molecular complexity index is 1090. The van der Waals surface area contributed by atoms with Crippen LogP contribution in [-0.4, -0.2) is 83.8 Å². The molecular weight excluding hydrogens is 446 g/mol. The smallest absolute Gasteiger partial charge is 0.320 e. The molecule has 1 saturated carbocycles. The van der Waals surface area contributed by atoms with Crippen molar-refractivity contribution in [2.45, 2.75) is 38.3 Å². The van der Waals surface area contributed by atoms with E-state index in [4.69, 9.17) is 9.47 Å². The van der Waals surface area contributed by atoms with Crippen LogP contribution in [0.25, 0.3) is 22.2 Å². The maximum Gasteiger partial charge on any atom is 0.320 e. The third-order valence-corrected chi connectivity index (χ3v) is 6.30. The number of nitrogens with zero attached hydrogens (tertiary/aromatic N) is 5. The van der Waals surface area contributed by atoms with Gasteiger partial charge in [-0.3, -0.25) is 19.9 Å². The average Bonchev–Trinajstić information content (AvgIpc) is 3.55. The minimum atomic E-state index is -0.209. The molecule has 1 fully saturated rings. The van der Waals surface area contributed by atoms with Gasteiger partial charge in [0.1, 0.15) is 5.82 Å². The Labute approximate surface area is 206 Å². The van der Waals surface area contributed by atoms with Crippen LogP contribution >= 0.6 is 0 Å². The molecule has 0 saturated heterocycles. The van der Waals surface area contributed by atoms with E-state index in [0.717, 1.165) is 61.2 Å². The van der Waals surface area contributed by atoms with Gasteiger partial charge in [0.25, 0.3) is 0 Å². The Kier molecular flexibility index (Phi) is 8.99. The Morgan fingerprint density at radius 3 is 2.57 bits per heavy atom. The van der Waals surface area contributed by atoms with E-state index in [-0.39, 0.29) is 12.1 Å². The fraction of sp³-hybridized carbons (Fsp3) is 0.520. The van der Waals surface area contributed by atoms with Gasteiger partial charge in [0.2, 0.25) is 0 Å². The summed E-state index contributed by atoms with van der Waals surface area (Å²) in [5.41, 5.74) is 3.40. The fourth-order valence-electron chi connectivity index (χ4n) is 4.30. The lowest BCUT2D eigenvalue weighted by molar-refractivity contribution is 0.111. The molecule has 2 amide bonds. The fourth-order valence-corrected chi connectivity index (χ4v) is 4.30. The molecular formula is C25H35N7O3. The standard InChI is InChI=1S/C25H35N7O3/c1-34-13-11-31(12-14-35-2)9-10-32-18-20(17-27-32)19-15-23-22(26-16-19)7-8-24(29-23)30-25(33)28-21-5-3-4-6-21/h7-8,15-18,21H,3-6,9-14H2,1-2H3,(H2,28,29,30,33). The highest BCUT2D eigenvalue weighted by atomic mass is 16.5. The highest BCUT2D eigenvalue weighted by Gasteiger charge is 2.17. The topological polar surface area (TPSA) is 106 Å². The van der Waals surface area contributed by atoms with Gasteiger partial charge in [-0.05, 0) is 31.0 Å². The van der Waals surface area contributed by atoms with Crippen LogP contribution < -0.4 is 10.6 Å². The highest BCUT2D eigenvalue weighted by molar-refractivity contribution is 5.90. The molecule has 188 valence electrons. The summed E-state index contributed by atoms with van der Waals surface area (Å²) in [4.78, 5) is 23.8. The zero-order valence-corrected chi connectivity index (χ0v) is 20.6. The average molecular weight is 482 g/mol. The van der Waals surface area contributed by atoms with Crippen molar-refractivity contribution in [3.05, 3.63) is 36.8 Å². The van der Waals surface area contributed by atoms with Gasteiger partial charge in [-0.2, -0.15) is 5.10 Å². The number of fused-ring (bicyclic) bond motifs is 1. The molecule has 0 spiro atoms. The van der Waals surface area contributed by atoms with Crippen LogP contribution in [0.5, 0.6) is 0 Å². The van der Waals surface area contributed by atoms with E-state index in [1.54, 1.807) is 20.3 Å². The number of carbonyl (C=O) groups is 1. The van der Waals surface area contributed by atoms with Gasteiger partial charge >= 0.3 is 6.03 Å². The lowest BCUT2D eigenvalue weighted by Gasteiger charge is -2.21. The Hall–Kier alpha value is -3.08. The highest BCUT2D eigenvalue weighted by Crippen LogP contribution is 2.23. The van der Waals surface area contributed by atoms with Crippen molar-refractivity contribution in [3.8, 4) is 11.1 Å². The number of hydrogen-bond acceptors (Lipinski definition) is 7. The summed E-state index contributed by atoms with van der Waals surface area (Å²) in [6.07, 6.45) is 10.1. The van der Waals surface area contributed by atoms with E-state index in [9.17, 15) is 4.79 Å². The van der Waals surface area contributed by atoms with Gasteiger partial charge in [-0.1, -0.05) is 12.8 Å². The molecule has 3 heterocycles. The molecule has 0 bridgehead atoms. The predicted molar refractivity (Wildman–Crippen MR) is 135 cm³/mol. The first kappa shape index (κ1) is 25.0. The van der Waals surface area contributed by atoms with Gasteiger partial charge in [-0.15, -0.1) is 0 Å². The van der Waals surface area contributed by atoms with Crippen molar-refractivity contribution in [1.29, 1.82) is 0 Å². The van der Waals surface area contributed by atoms with Crippen LogP contribution in [0.15, 0.2) is 36.8 Å². The summed E-state index contributed by atoms with van der Waals surface area (Å²) in [5, 5.41) is 10.4. The zero-order chi connectivity index (χ0) is 24.5. The number of anilines is 1. The minimum absolute atomic E-state index is 0.209. The zero-order valence-electron chi connectivity index (χ0n) is 20.6. The van der Waals surface area contributed by atoms with Gasteiger partial charge in [0.05, 0.1) is 37.0 Å². The van der Waals surface area contributed by atoms with Crippen molar-refractivity contribution >= 4 is 22.9 Å². The van der Waals surface area contributed by atoms with Crippen LogP contribution in [-0.2, 0) is 16.0 Å². The normalized spacial score (nSPS) is 14.1. The number of carbonyl (C=O) groups excluding carboxylic acids is 1. The molecule has 0 aromatic carbocycles. The summed E-state index contributed by atoms with van der Waals surface area (Å²) in [7, 11) is 3.43. The van der Waals surface area contributed by atoms with Crippen LogP contribution in [0.1, 0.15) is 25.7 Å². The first-order chi connectivity index (χ1) is 17.1. The predicted octanol–water partition coefficient (Wildman–Crippen LogP) is 3.15. The van der Waals surface area contributed by atoms with E-state index in [2.05, 4.69) is 30.6 Å². The van der Waals surface area contributed by atoms with Crippen molar-refractivity contribution in [2.24, 2.45) is 0 Å². The molecule has 0 atom stereocenters. The van der Waals surface area contributed by atoms with Crippen molar-refractivity contribution in [3.63, 3.8) is 0 Å². The maximum absolute atomic E-state index is 12.3. The van der Waals surface area contributed by atoms with E-state index in [1.165, 1.54) is 12.8 Å². The second-order valence-corrected chi connectivity index (χ2v) is 8.86. The monoisotopic (exact) mass is 481 g/mol. The summed E-state index contributed by atoms with van der Waals surface area (Å²) in [6.45, 7) is 4.68. The van der Waals surface area contributed by atoms with Crippen LogP contribution in [0.3, 0.4) is 0 Å². The minimum Gasteiger partial charge on any atom is -0.383 e. The second kappa shape index (κ2) is 12.6. The quantitative estimate of drug-likeness (QED) is 0.409. The molecule has 1 aliphatic rings. The van der Waals surface area contributed by atoms with Crippen LogP contribution in [0.4, 0.5) is 10.6 Å². The van der Waals surface area contributed by atoms with Crippen LogP contribution in [0, 0.1) is 0 Å². The largest absolute Gasteiger partial charge is 0.383 e. The number of rotatable bonds is 12. The molecule has 1 aliphatic carbocycles. The number of nitrogens with one attached hydrogen (secondary N) is 2. The molecule has 2 N–H and O–H groups in total. The lowest BCUT2D eigenvalue weighted by Crippen LogP contribution is -2.36. The summed E-state index contributed by atoms with van der Waals surface area (Å²) < 4.78 is 12.4. The molecule has 35 heavy (non-hydrogen) atoms. The van der Waals surface area contributed by atoms with Crippen molar-refractivity contribution < 1.29 is 14.3 Å². The van der Waals surface area contributed by atoms with Gasteiger partial charge < -0.3 is 14.8 Å². The van der Waals surface area contributed by atoms with E-state index in [1.807, 2.05) is 35.4 Å². The summed E-state index contributed by atoms with van der Waals surface area (Å²) in [6, 6.07) is 5.68. The summed E-state index contributed by atoms with van der Waals surface area (Å²) in [5.74, 6) is 0.509. The molecule has 3 aromatic rings. The van der Waals surface area contributed by atoms with Gasteiger partial charge in [0.15, 0.2) is 0 Å². The number of methoxy groups -OCH3 is 2. The Morgan fingerprint density at radius 1 is 1.06 bits per heavy atom. The van der Waals surface area contributed by atoms with Gasteiger partial charge in [-0.25, -0.2) is 9.78 Å². The van der Waals surface area contributed by atoms with Crippen molar-refractivity contribution in [1.82, 2.24) is 30.0 Å². The first-order valence-electron chi connectivity index (χ1n) is 12.2. The first-order valence-corrected chi connectivity index (χ1v) is 12.2. The number of urea groups is 1. The Morgan fingerprint density at radius 2 is 1.83 bits per heavy atom. The maximum atomic E-state index is 12.3. The molecule has 4 rings (SSSR count). The number of hydrogen-bond donors (Lipinski definition) is 2. The second-order valence-electron chi connectivity index (χ2n) is 8.86. The molecule has 0 radical (unpaired) electrons. The molecule has 0 aliphatic heterocycles. The molecule has 10 heteroatoms. The van der Waals surface area contributed by atoms with Crippen LogP contribution in [0.2, 0.25) is 0 Å². The van der Waals surface area contributed by atoms with E-state index in [0.29, 0.717) is 19.0 Å². The molecule has 0 unspecified atom stereocenters. The third-order valence-electron chi connectivity index (χ3n) is 6.30.